The second-order valence-electron chi connectivity index (χ2n) is 19.3. The number of nitrogens with one attached hydrogen (secondary N) is 9. The molecule has 0 bridgehead atoms. The van der Waals surface area contributed by atoms with Crippen molar-refractivity contribution in [3.63, 3.8) is 0 Å². The fraction of sp³-hybridized carbons (Fsp3) is 0.700. The molecule has 0 saturated carbocycles. The van der Waals surface area contributed by atoms with E-state index in [4.69, 9.17) is 11.5 Å². The van der Waals surface area contributed by atoms with Crippen LogP contribution in [-0.2, 0) is 119 Å². The van der Waals surface area contributed by atoms with Crippen molar-refractivity contribution >= 4 is 107 Å². The van der Waals surface area contributed by atoms with Gasteiger partial charge in [-0.3, -0.25) is 91.2 Å². The molecule has 0 aromatic heterocycles. The number of imide groups is 1. The van der Waals surface area contributed by atoms with E-state index in [0.29, 0.717) is 6.42 Å². The highest BCUT2D eigenvalue weighted by Crippen LogP contribution is 2.16. The highest BCUT2D eigenvalue weighted by atomic mass is 16.5. The molecule has 1 rings (SSSR count). The third kappa shape index (κ3) is 82.6. The molecule has 566 valence electrons. The lowest BCUT2D eigenvalue weighted by atomic mass is 10.1. The lowest BCUT2D eigenvalue weighted by Gasteiger charge is -2.06. The fourth-order valence-corrected chi connectivity index (χ4v) is 5.13. The number of carbonyl (C=O) groups excluding carboxylic acids is 18. The zero-order chi connectivity index (χ0) is 78.4. The van der Waals surface area contributed by atoms with Crippen LogP contribution in [0.1, 0.15) is 118 Å². The molecule has 0 spiro atoms. The number of rotatable bonds is 24. The Morgan fingerprint density at radius 3 is 0.825 bits per heavy atom. The Balaban J connectivity index is -0.000000109. The normalized spacial score (nSPS) is 11.7. The van der Waals surface area contributed by atoms with Gasteiger partial charge in [0.05, 0.1) is 94.2 Å². The molecule has 0 aliphatic carbocycles. The molecule has 1 heterocycles. The van der Waals surface area contributed by atoms with Crippen molar-refractivity contribution in [2.75, 3.05) is 134 Å². The van der Waals surface area contributed by atoms with Gasteiger partial charge < -0.3 is 92.5 Å². The Bertz CT molecular complexity index is 2080. The molecule has 5 unspecified atom stereocenters. The van der Waals surface area contributed by atoms with Crippen LogP contribution in [0.15, 0.2) is 0 Å². The van der Waals surface area contributed by atoms with Crippen LogP contribution >= 0.6 is 0 Å². The number of likely N-dealkylation sites (tertiary alicyclic amines) is 1. The Hall–Kier alpha value is -9.42. The fourth-order valence-electron chi connectivity index (χ4n) is 5.13. The first-order valence-electron chi connectivity index (χ1n) is 29.7. The highest BCUT2D eigenvalue weighted by Gasteiger charge is 2.32. The van der Waals surface area contributed by atoms with E-state index in [0.717, 1.165) is 0 Å². The standard InChI is InChI=1S/2C7H13NO3.2C6H12N2O2.3C6H11NO3.C6H9NO2.C6H10O4.2C2H7N/c1-5(7(10)8-2)4-6(9)11-3;1-5(7(10)11-3)4-6(9)8-2;1-4(6(7)10)3-5(9)8-2;1-4(3-5(7)9)6(10)8-2;3*1-7-5(8)3-4-6(9)10-2;1-4-3-5(8)7(2)6(4)9;1-9-5(7)3-4-6(8)10-2;2*1-3-2/h5H,4H2,1-3H3,(H,8,10);5H,4H2,1-3H3,(H,8,9);4H,3H2,1-2H3,(H2,7,10)(H,8,9);4H,3H2,1-2H3,(H2,7,9)(H,8,10);3*3-4H2,1-2H3,(H,7,8);4H,3H2,1-2H3;3-4H2,1-2H3;2*3H,1-2H3. The average molecular weight is 1410 g/mol. The van der Waals surface area contributed by atoms with Crippen molar-refractivity contribution in [2.24, 2.45) is 41.1 Å². The van der Waals surface area contributed by atoms with Crippen LogP contribution in [0.25, 0.3) is 0 Å². The second-order valence-corrected chi connectivity index (χ2v) is 19.3. The minimum Gasteiger partial charge on any atom is -0.469 e. The van der Waals surface area contributed by atoms with Crippen molar-refractivity contribution in [1.29, 1.82) is 0 Å². The number of primary amides is 2. The minimum absolute atomic E-state index is 0.0556. The summed E-state index contributed by atoms with van der Waals surface area (Å²) in [7, 11) is 28.8. The van der Waals surface area contributed by atoms with E-state index >= 15 is 0 Å². The average Bonchev–Trinajstić information content (AvgIpc) is 1.73. The topological polar surface area (TPSA) is 535 Å². The first-order chi connectivity index (χ1) is 45.1. The predicted octanol–water partition coefficient (Wildman–Crippen LogP) is -2.80. The molecule has 1 aliphatic heterocycles. The summed E-state index contributed by atoms with van der Waals surface area (Å²) < 4.78 is 30.4. The summed E-state index contributed by atoms with van der Waals surface area (Å²) >= 11 is 0. The number of amides is 11. The number of nitrogens with zero attached hydrogens (tertiary/aromatic N) is 1. The van der Waals surface area contributed by atoms with Crippen LogP contribution in [0.2, 0.25) is 0 Å². The number of ether oxygens (including phenoxy) is 7. The summed E-state index contributed by atoms with van der Waals surface area (Å²) in [6.45, 7) is 8.38. The molecule has 0 aromatic rings. The lowest BCUT2D eigenvalue weighted by Crippen LogP contribution is -2.28. The number of hydrogen-bond acceptors (Lipinski definition) is 27. The molecule has 13 N–H and O–H groups in total. The third-order valence-corrected chi connectivity index (χ3v) is 11.0. The van der Waals surface area contributed by atoms with E-state index in [1.165, 1.54) is 111 Å². The van der Waals surface area contributed by atoms with E-state index in [1.807, 2.05) is 28.2 Å². The summed E-state index contributed by atoms with van der Waals surface area (Å²) in [6, 6.07) is 0. The molecular weight excluding hydrogens is 1290 g/mol. The molecule has 1 aliphatic rings. The van der Waals surface area contributed by atoms with Gasteiger partial charge in [0.25, 0.3) is 0 Å². The summed E-state index contributed by atoms with van der Waals surface area (Å²) in [5.41, 5.74) is 9.79. The van der Waals surface area contributed by atoms with Gasteiger partial charge in [-0.25, -0.2) is 0 Å². The number of methoxy groups -OCH3 is 7. The zero-order valence-electron chi connectivity index (χ0n) is 61.4. The van der Waals surface area contributed by atoms with E-state index in [1.54, 1.807) is 34.6 Å². The van der Waals surface area contributed by atoms with E-state index in [-0.39, 0.29) is 190 Å². The molecule has 97 heavy (non-hydrogen) atoms. The first-order valence-corrected chi connectivity index (χ1v) is 29.7. The monoisotopic (exact) mass is 1400 g/mol. The van der Waals surface area contributed by atoms with Crippen molar-refractivity contribution < 1.29 is 119 Å². The summed E-state index contributed by atoms with van der Waals surface area (Å²) in [5, 5.41) is 22.4. The SMILES string of the molecule is CC1CC(=O)N(C)C1=O.CNC.CNC.CNC(=O)C(C)CC(=O)OC.CNC(=O)C(C)CC(N)=O.CNC(=O)CC(C)C(=O)OC.CNC(=O)CC(C)C(N)=O.CNC(=O)CCC(=O)OC.CNC(=O)CCC(=O)OC.CNC(=O)CCC(=O)OC.COC(=O)CCC(=O)OC. The molecule has 11 amide bonds. The molecular formula is C60H116N12O25. The van der Waals surface area contributed by atoms with Gasteiger partial charge in [-0.15, -0.1) is 0 Å². The van der Waals surface area contributed by atoms with Crippen LogP contribution in [-0.4, -0.2) is 246 Å². The molecule has 37 heteroatoms. The Morgan fingerprint density at radius 2 is 0.639 bits per heavy atom. The lowest BCUT2D eigenvalue weighted by molar-refractivity contribution is -0.147. The smallest absolute Gasteiger partial charge is 0.308 e. The molecule has 5 atom stereocenters. The van der Waals surface area contributed by atoms with Gasteiger partial charge in [0.15, 0.2) is 0 Å². The van der Waals surface area contributed by atoms with Crippen molar-refractivity contribution in [3.05, 3.63) is 0 Å². The van der Waals surface area contributed by atoms with Gasteiger partial charge in [0, 0.05) is 125 Å². The number of hydrogen-bond donors (Lipinski definition) is 11. The van der Waals surface area contributed by atoms with Gasteiger partial charge in [-0.05, 0) is 28.2 Å². The van der Waals surface area contributed by atoms with Gasteiger partial charge in [0.1, 0.15) is 0 Å². The molecule has 1 saturated heterocycles. The van der Waals surface area contributed by atoms with Crippen molar-refractivity contribution in [1.82, 2.24) is 52.8 Å². The summed E-state index contributed by atoms with van der Waals surface area (Å²) in [6.07, 6.45) is 2.20. The van der Waals surface area contributed by atoms with E-state index < -0.39 is 23.8 Å². The number of esters is 7. The molecule has 1 fully saturated rings. The quantitative estimate of drug-likeness (QED) is 0.0264. The van der Waals surface area contributed by atoms with Gasteiger partial charge >= 0.3 is 41.8 Å². The van der Waals surface area contributed by atoms with Crippen LogP contribution in [0.5, 0.6) is 0 Å². The maximum absolute atomic E-state index is 10.8. The van der Waals surface area contributed by atoms with Gasteiger partial charge in [-0.1, -0.05) is 34.6 Å². The minimum atomic E-state index is -0.448. The first kappa shape index (κ1) is 109. The van der Waals surface area contributed by atoms with Crippen molar-refractivity contribution in [2.45, 2.75) is 118 Å². The number of carbonyl (C=O) groups is 18. The maximum Gasteiger partial charge on any atom is 0.308 e. The van der Waals surface area contributed by atoms with E-state index in [9.17, 15) is 86.3 Å². The Labute approximate surface area is 570 Å². The van der Waals surface area contributed by atoms with Gasteiger partial charge in [0.2, 0.25) is 65.0 Å². The zero-order valence-corrected chi connectivity index (χ0v) is 61.4. The van der Waals surface area contributed by atoms with Crippen LogP contribution in [0.4, 0.5) is 0 Å². The van der Waals surface area contributed by atoms with Crippen LogP contribution in [0.3, 0.4) is 0 Å². The third-order valence-electron chi connectivity index (χ3n) is 11.0. The molecule has 0 radical (unpaired) electrons. The summed E-state index contributed by atoms with van der Waals surface area (Å²) in [4.78, 5) is 191. The van der Waals surface area contributed by atoms with Crippen molar-refractivity contribution in [3.8, 4) is 0 Å². The second kappa shape index (κ2) is 75.6. The maximum atomic E-state index is 10.8. The van der Waals surface area contributed by atoms with Gasteiger partial charge in [-0.2, -0.15) is 0 Å². The predicted molar refractivity (Wildman–Crippen MR) is 355 cm³/mol. The molecule has 37 nitrogen and oxygen atoms in total. The highest BCUT2D eigenvalue weighted by molar-refractivity contribution is 6.03. The van der Waals surface area contributed by atoms with Crippen LogP contribution in [0, 0.1) is 29.6 Å². The van der Waals surface area contributed by atoms with Crippen LogP contribution < -0.4 is 59.3 Å². The Morgan fingerprint density at radius 1 is 0.381 bits per heavy atom. The largest absolute Gasteiger partial charge is 0.469 e. The molecule has 0 aromatic carbocycles. The Kier molecular flexibility index (Phi) is 85.0. The van der Waals surface area contributed by atoms with E-state index in [2.05, 4.69) is 81.0 Å². The summed E-state index contributed by atoms with van der Waals surface area (Å²) in [5.74, 6) is -6.10. The number of nitrogens with two attached hydrogens (primary N) is 2.